The molecule has 5 fully saturated rings. The molecule has 8 nitrogen and oxygen atoms in total. The first kappa shape index (κ1) is 26.9. The molecule has 4 aliphatic carbocycles. The average Bonchev–Trinajstić information content (AvgIpc) is 3.35. The topological polar surface area (TPSA) is 107 Å². The van der Waals surface area contributed by atoms with Crippen molar-refractivity contribution in [3.63, 3.8) is 0 Å². The molecule has 1 aromatic heterocycles. The normalized spacial score (nSPS) is 29.0. The van der Waals surface area contributed by atoms with Crippen LogP contribution in [0.25, 0.3) is 0 Å². The maximum Gasteiger partial charge on any atom is 0.481 e. The molecule has 0 spiro atoms. The van der Waals surface area contributed by atoms with Crippen molar-refractivity contribution in [2.75, 3.05) is 0 Å². The average molecular weight is 552 g/mol. The number of hydrogen-bond donors (Lipinski definition) is 2. The van der Waals surface area contributed by atoms with E-state index in [1.807, 2.05) is 30.3 Å². The van der Waals surface area contributed by atoms with E-state index in [9.17, 15) is 13.2 Å². The summed E-state index contributed by atoms with van der Waals surface area (Å²) in [6, 6.07) is 11.5. The summed E-state index contributed by atoms with van der Waals surface area (Å²) in [5.41, 5.74) is 1.13. The predicted molar refractivity (Wildman–Crippen MR) is 148 cm³/mol. The lowest BCUT2D eigenvalue weighted by atomic mass is 9.47. The first-order valence-electron chi connectivity index (χ1n) is 14.3. The highest BCUT2D eigenvalue weighted by Crippen LogP contribution is 2.61. The number of amides is 1. The van der Waals surface area contributed by atoms with E-state index in [1.165, 1.54) is 31.3 Å². The Labute approximate surface area is 231 Å². The van der Waals surface area contributed by atoms with E-state index in [4.69, 9.17) is 9.31 Å². The number of rotatable bonds is 10. The Morgan fingerprint density at radius 1 is 1.13 bits per heavy atom. The molecule has 1 aliphatic heterocycles. The first-order chi connectivity index (χ1) is 18.7. The van der Waals surface area contributed by atoms with Crippen LogP contribution in [0.15, 0.2) is 59.8 Å². The summed E-state index contributed by atoms with van der Waals surface area (Å²) in [6.07, 6.45) is 9.54. The molecule has 2 N–H and O–H groups in total. The number of nitrogens with one attached hydrogen (secondary N) is 2. The monoisotopic (exact) mass is 551 g/mol. The molecular weight excluding hydrogens is 513 g/mol. The van der Waals surface area contributed by atoms with Crippen LogP contribution in [0.5, 0.6) is 0 Å². The highest BCUT2D eigenvalue weighted by Gasteiger charge is 2.63. The molecule has 2 heterocycles. The Morgan fingerprint density at radius 3 is 2.59 bits per heavy atom. The van der Waals surface area contributed by atoms with Gasteiger partial charge in [-0.05, 0) is 66.5 Å². The van der Waals surface area contributed by atoms with E-state index in [0.717, 1.165) is 31.2 Å². The van der Waals surface area contributed by atoms with Gasteiger partial charge in [-0.2, -0.15) is 4.72 Å². The van der Waals surface area contributed by atoms with Gasteiger partial charge >= 0.3 is 7.12 Å². The lowest BCUT2D eigenvalue weighted by Gasteiger charge is -2.60. The minimum absolute atomic E-state index is 0.0232. The molecule has 1 saturated heterocycles. The molecule has 7 rings (SSSR count). The Hall–Kier alpha value is -2.27. The van der Waals surface area contributed by atoms with Crippen molar-refractivity contribution in [3.8, 4) is 0 Å². The fraction of sp³-hybridized carbons (Fsp3) is 0.586. The number of carbonyl (C=O) groups is 1. The van der Waals surface area contributed by atoms with Gasteiger partial charge in [-0.3, -0.25) is 9.78 Å². The van der Waals surface area contributed by atoms with E-state index in [1.54, 1.807) is 6.07 Å². The van der Waals surface area contributed by atoms with Gasteiger partial charge in [-0.15, -0.1) is 0 Å². The number of benzene rings is 1. The number of aromatic nitrogens is 1. The second-order valence-corrected chi connectivity index (χ2v) is 14.2. The predicted octanol–water partition coefficient (Wildman–Crippen LogP) is 3.52. The second kappa shape index (κ2) is 10.6. The van der Waals surface area contributed by atoms with Gasteiger partial charge in [0.05, 0.1) is 18.1 Å². The second-order valence-electron chi connectivity index (χ2n) is 12.4. The molecule has 6 atom stereocenters. The van der Waals surface area contributed by atoms with Gasteiger partial charge in [-0.25, -0.2) is 8.42 Å². The molecule has 39 heavy (non-hydrogen) atoms. The third-order valence-corrected chi connectivity index (χ3v) is 11.2. The van der Waals surface area contributed by atoms with E-state index >= 15 is 0 Å². The molecule has 4 saturated carbocycles. The number of pyridine rings is 1. The maximum atomic E-state index is 13.8. The number of hydrogen-bond acceptors (Lipinski definition) is 6. The van der Waals surface area contributed by atoms with Crippen LogP contribution < -0.4 is 10.0 Å². The van der Waals surface area contributed by atoms with Gasteiger partial charge in [0, 0.05) is 12.4 Å². The van der Waals surface area contributed by atoms with Gasteiger partial charge < -0.3 is 14.6 Å². The summed E-state index contributed by atoms with van der Waals surface area (Å²) in [5.74, 6) is 0.929. The highest BCUT2D eigenvalue weighted by atomic mass is 32.2. The summed E-state index contributed by atoms with van der Waals surface area (Å²) in [6.45, 7) is 4.66. The summed E-state index contributed by atoms with van der Waals surface area (Å²) in [7, 11) is -4.49. The van der Waals surface area contributed by atoms with Crippen LogP contribution in [0.4, 0.5) is 0 Å². The summed E-state index contributed by atoms with van der Waals surface area (Å²) in [5, 5.41) is 3.18. The minimum atomic E-state index is -3.96. The van der Waals surface area contributed by atoms with Gasteiger partial charge in [0.1, 0.15) is 10.9 Å². The smallest absolute Gasteiger partial charge is 0.404 e. The fourth-order valence-corrected chi connectivity index (χ4v) is 8.12. The van der Waals surface area contributed by atoms with Crippen LogP contribution in [0.1, 0.15) is 57.9 Å². The van der Waals surface area contributed by atoms with Crippen LogP contribution in [0.3, 0.4) is 0 Å². The number of sulfonamides is 1. The first-order valence-corrected chi connectivity index (χ1v) is 15.8. The van der Waals surface area contributed by atoms with Crippen LogP contribution in [-0.4, -0.2) is 50.6 Å². The Bertz CT molecular complexity index is 1270. The lowest BCUT2D eigenvalue weighted by molar-refractivity contribution is -0.150. The minimum Gasteiger partial charge on any atom is -0.404 e. The van der Waals surface area contributed by atoms with Crippen LogP contribution in [0, 0.1) is 23.2 Å². The largest absolute Gasteiger partial charge is 0.481 e. The Kier molecular flexibility index (Phi) is 7.33. The van der Waals surface area contributed by atoms with Crippen LogP contribution >= 0.6 is 0 Å². The van der Waals surface area contributed by atoms with E-state index in [2.05, 4.69) is 28.9 Å². The van der Waals surface area contributed by atoms with E-state index in [-0.39, 0.29) is 40.8 Å². The zero-order valence-electron chi connectivity index (χ0n) is 22.7. The summed E-state index contributed by atoms with van der Waals surface area (Å²) < 4.78 is 42.1. The molecule has 2 bridgehead atoms. The van der Waals surface area contributed by atoms with Crippen molar-refractivity contribution in [1.82, 2.24) is 15.0 Å². The van der Waals surface area contributed by atoms with Gasteiger partial charge in [-0.1, -0.05) is 63.4 Å². The van der Waals surface area contributed by atoms with Gasteiger partial charge in [0.25, 0.3) is 0 Å². The van der Waals surface area contributed by atoms with Crippen LogP contribution in [-0.2, 0) is 30.5 Å². The van der Waals surface area contributed by atoms with Gasteiger partial charge in [0.2, 0.25) is 15.9 Å². The zero-order chi connectivity index (χ0) is 27.2. The molecular formula is C29H38BN3O5S. The van der Waals surface area contributed by atoms with Crippen molar-refractivity contribution < 1.29 is 22.5 Å². The molecule has 1 aromatic carbocycles. The van der Waals surface area contributed by atoms with Crippen LogP contribution in [0.2, 0.25) is 0 Å². The molecule has 208 valence electrons. The molecule has 1 amide bonds. The molecule has 2 aromatic rings. The number of nitrogens with zero attached hydrogens (tertiary/aromatic N) is 1. The molecule has 1 unspecified atom stereocenters. The third kappa shape index (κ3) is 5.41. The van der Waals surface area contributed by atoms with Crippen molar-refractivity contribution in [3.05, 3.63) is 60.4 Å². The maximum absolute atomic E-state index is 13.8. The Balaban J connectivity index is 1.21. The SMILES string of the molecule is CC1(C)[C@H]2C[C@@H]1C1OB([C@H](CC3CCC3)NC(=O)[C@H](Cc3ccccc3)NS(=O)(=O)c3cccnc3)O[C@@H]1C2. The van der Waals surface area contributed by atoms with E-state index in [0.29, 0.717) is 17.8 Å². The fourth-order valence-electron chi connectivity index (χ4n) is 6.96. The van der Waals surface area contributed by atoms with Crippen molar-refractivity contribution in [2.24, 2.45) is 23.2 Å². The molecule has 10 heteroatoms. The third-order valence-electron chi connectivity index (χ3n) is 9.74. The lowest BCUT2D eigenvalue weighted by Crippen LogP contribution is -2.59. The van der Waals surface area contributed by atoms with Crippen molar-refractivity contribution in [2.45, 2.75) is 87.9 Å². The van der Waals surface area contributed by atoms with Gasteiger partial charge in [0.15, 0.2) is 0 Å². The zero-order valence-corrected chi connectivity index (χ0v) is 23.5. The van der Waals surface area contributed by atoms with E-state index < -0.39 is 23.2 Å². The highest BCUT2D eigenvalue weighted by molar-refractivity contribution is 7.89. The molecule has 0 radical (unpaired) electrons. The van der Waals surface area contributed by atoms with Crippen molar-refractivity contribution in [1.29, 1.82) is 0 Å². The Morgan fingerprint density at radius 2 is 1.92 bits per heavy atom. The summed E-state index contributed by atoms with van der Waals surface area (Å²) in [4.78, 5) is 17.8. The van der Waals surface area contributed by atoms with Crippen molar-refractivity contribution >= 4 is 23.0 Å². The quantitative estimate of drug-likeness (QED) is 0.438. The number of carbonyl (C=O) groups excluding carboxylic acids is 1. The summed E-state index contributed by atoms with van der Waals surface area (Å²) >= 11 is 0. The standard InChI is InChI=1S/C29H38BN3O5S/c1-29(2)21-16-23(29)27-25(17-21)37-30(38-27)26(15-20-10-6-11-20)32-28(34)24(14-19-8-4-3-5-9-19)33-39(35,36)22-12-7-13-31-18-22/h3-5,7-9,12-13,18,20-21,23-27,33H,6,10-11,14-17H2,1-2H3,(H,32,34)/t21-,23+,24-,25+,26-,27?/m0/s1. The molecule has 5 aliphatic rings.